The molecule has 3 rings (SSSR count). The topological polar surface area (TPSA) is 197 Å². The van der Waals surface area contributed by atoms with Crippen molar-refractivity contribution < 1.29 is 42.4 Å². The molecule has 0 aliphatic heterocycles. The van der Waals surface area contributed by atoms with Gasteiger partial charge in [-0.2, -0.15) is 12.7 Å². The number of aryl methyl sites for hydroxylation is 2. The monoisotopic (exact) mass is 835 g/mol. The molecule has 0 bridgehead atoms. The number of unbranched alkanes of at least 4 members (excludes halogenated alkanes) is 11. The molecule has 0 atom stereocenters. The van der Waals surface area contributed by atoms with Gasteiger partial charge in [0.05, 0.1) is 17.1 Å². The molecule has 0 heterocycles. The Hall–Kier alpha value is -3.88. The second-order valence-corrected chi connectivity index (χ2v) is 18.4. The third kappa shape index (κ3) is 16.9. The Kier molecular flexibility index (Phi) is 21.4. The molecule has 322 valence electrons. The number of hydrogen-bond donors (Lipinski definition) is 7. The third-order valence-electron chi connectivity index (χ3n) is 9.99. The number of sulfonamides is 1. The van der Waals surface area contributed by atoms with Crippen LogP contribution in [0.5, 0.6) is 28.7 Å². The summed E-state index contributed by atoms with van der Waals surface area (Å²) in [6.07, 6.45) is 14.3. The van der Waals surface area contributed by atoms with Crippen LogP contribution in [0.3, 0.4) is 0 Å². The van der Waals surface area contributed by atoms with Crippen molar-refractivity contribution in [3.8, 4) is 28.7 Å². The number of phenolic OH excluding ortho intramolecular Hbond substituents is 5. The number of hydrogen-bond acceptors (Lipinski definition) is 9. The molecule has 0 spiro atoms. The van der Waals surface area contributed by atoms with Crippen LogP contribution in [-0.4, -0.2) is 65.5 Å². The number of aromatic hydroxyl groups is 5. The van der Waals surface area contributed by atoms with Crippen LogP contribution in [0.25, 0.3) is 0 Å². The van der Waals surface area contributed by atoms with Crippen LogP contribution in [0.2, 0.25) is 0 Å². The van der Waals surface area contributed by atoms with Gasteiger partial charge in [0.1, 0.15) is 28.7 Å². The maximum Gasteiger partial charge on any atom is 0.301 e. The van der Waals surface area contributed by atoms with Crippen molar-refractivity contribution in [2.24, 2.45) is 0 Å². The Bertz CT molecular complexity index is 1820. The first-order valence-electron chi connectivity index (χ1n) is 20.7. The van der Waals surface area contributed by atoms with Crippen LogP contribution in [0, 0.1) is 13.8 Å². The molecule has 0 aromatic heterocycles. The molecular formula is C43H69N3O9S2. The van der Waals surface area contributed by atoms with Gasteiger partial charge in [-0.15, -0.1) is 0 Å². The largest absolute Gasteiger partial charge is 0.508 e. The molecule has 0 radical (unpaired) electrons. The van der Waals surface area contributed by atoms with Gasteiger partial charge >= 0.3 is 10.2 Å². The van der Waals surface area contributed by atoms with Crippen molar-refractivity contribution in [1.82, 2.24) is 4.31 Å². The standard InChI is InChI=1S/C26H49N3O5S2.C17H20O4/c1-4-7-10-13-14-17-22-35(31,32)28-25-19-18-24(23-26(25)30)27-36(33,34)29(20-15-11-8-5-2)21-16-12-9-6-3;1-4-11(12-7-14(18)9(2)5-16(12)20)13-8-15(19)10(3)6-17(13)21/h18-19,23,27-28,30H,4-17,20-22H2,1-3H3;5-8,11,18-21H,4H2,1-3H3. The Balaban J connectivity index is 0.000000450. The fraction of sp³-hybridized carbons (Fsp3) is 0.581. The maximum atomic E-state index is 13.1. The van der Waals surface area contributed by atoms with Gasteiger partial charge in [-0.1, -0.05) is 98.3 Å². The zero-order valence-corrected chi connectivity index (χ0v) is 36.6. The van der Waals surface area contributed by atoms with Crippen molar-refractivity contribution in [3.05, 3.63) is 64.7 Å². The predicted molar refractivity (Wildman–Crippen MR) is 232 cm³/mol. The van der Waals surface area contributed by atoms with Gasteiger partial charge in [-0.25, -0.2) is 8.42 Å². The van der Waals surface area contributed by atoms with Crippen molar-refractivity contribution >= 4 is 31.6 Å². The Morgan fingerprint density at radius 1 is 0.544 bits per heavy atom. The average Bonchev–Trinajstić information content (AvgIpc) is 3.14. The normalized spacial score (nSPS) is 11.8. The lowest BCUT2D eigenvalue weighted by atomic mass is 9.86. The van der Waals surface area contributed by atoms with Crippen molar-refractivity contribution in [2.45, 2.75) is 144 Å². The van der Waals surface area contributed by atoms with Crippen LogP contribution in [0.4, 0.5) is 11.4 Å². The molecule has 0 aliphatic carbocycles. The lowest BCUT2D eigenvalue weighted by Crippen LogP contribution is -2.37. The highest BCUT2D eigenvalue weighted by Gasteiger charge is 2.23. The second kappa shape index (κ2) is 24.8. The number of nitrogens with one attached hydrogen (secondary N) is 2. The minimum atomic E-state index is -3.80. The summed E-state index contributed by atoms with van der Waals surface area (Å²) in [5.74, 6) is -0.331. The van der Waals surface area contributed by atoms with E-state index in [0.29, 0.717) is 48.2 Å². The molecule has 7 N–H and O–H groups in total. The maximum absolute atomic E-state index is 13.1. The summed E-state index contributed by atoms with van der Waals surface area (Å²) in [5.41, 5.74) is 2.46. The summed E-state index contributed by atoms with van der Waals surface area (Å²) in [7, 11) is -7.40. The average molecular weight is 836 g/mol. The van der Waals surface area contributed by atoms with Gasteiger partial charge in [0.2, 0.25) is 10.0 Å². The quantitative estimate of drug-likeness (QED) is 0.0247. The smallest absolute Gasteiger partial charge is 0.301 e. The Morgan fingerprint density at radius 3 is 1.46 bits per heavy atom. The van der Waals surface area contributed by atoms with E-state index in [1.165, 1.54) is 46.8 Å². The van der Waals surface area contributed by atoms with E-state index in [1.807, 2.05) is 6.92 Å². The van der Waals surface area contributed by atoms with Gasteiger partial charge in [0.25, 0.3) is 0 Å². The summed E-state index contributed by atoms with van der Waals surface area (Å²) in [6, 6.07) is 10.1. The van der Waals surface area contributed by atoms with Gasteiger partial charge in [0, 0.05) is 36.2 Å². The van der Waals surface area contributed by atoms with E-state index in [0.717, 1.165) is 83.5 Å². The number of nitrogens with zero attached hydrogens (tertiary/aromatic N) is 1. The fourth-order valence-corrected chi connectivity index (χ4v) is 9.02. The van der Waals surface area contributed by atoms with Crippen LogP contribution in [0.15, 0.2) is 42.5 Å². The first kappa shape index (κ1) is 49.3. The van der Waals surface area contributed by atoms with E-state index in [2.05, 4.69) is 30.2 Å². The van der Waals surface area contributed by atoms with E-state index in [-0.39, 0.29) is 51.8 Å². The molecule has 0 fully saturated rings. The van der Waals surface area contributed by atoms with Gasteiger partial charge in [-0.05, 0) is 87.1 Å². The number of anilines is 2. The molecule has 0 amide bonds. The van der Waals surface area contributed by atoms with Crippen molar-refractivity contribution in [1.29, 1.82) is 0 Å². The molecular weight excluding hydrogens is 767 g/mol. The zero-order valence-electron chi connectivity index (χ0n) is 35.0. The summed E-state index contributed by atoms with van der Waals surface area (Å²) in [4.78, 5) is 0. The molecule has 0 saturated heterocycles. The Morgan fingerprint density at radius 2 is 1.00 bits per heavy atom. The Labute approximate surface area is 342 Å². The summed E-state index contributed by atoms with van der Waals surface area (Å²) < 4.78 is 57.4. The van der Waals surface area contributed by atoms with Gasteiger partial charge in [-0.3, -0.25) is 9.44 Å². The van der Waals surface area contributed by atoms with Crippen molar-refractivity contribution in [2.75, 3.05) is 28.3 Å². The molecule has 14 heteroatoms. The minimum Gasteiger partial charge on any atom is -0.508 e. The summed E-state index contributed by atoms with van der Waals surface area (Å²) in [6.45, 7) is 12.6. The molecule has 3 aromatic rings. The van der Waals surface area contributed by atoms with Crippen LogP contribution >= 0.6 is 0 Å². The molecule has 12 nitrogen and oxygen atoms in total. The van der Waals surface area contributed by atoms with Crippen molar-refractivity contribution in [3.63, 3.8) is 0 Å². The lowest BCUT2D eigenvalue weighted by Gasteiger charge is -2.23. The van der Waals surface area contributed by atoms with E-state index < -0.39 is 20.2 Å². The molecule has 3 aromatic carbocycles. The second-order valence-electron chi connectivity index (χ2n) is 14.9. The number of rotatable bonds is 25. The van der Waals surface area contributed by atoms with E-state index in [9.17, 15) is 42.4 Å². The summed E-state index contributed by atoms with van der Waals surface area (Å²) in [5, 5.41) is 50.4. The predicted octanol–water partition coefficient (Wildman–Crippen LogP) is 10.3. The van der Waals surface area contributed by atoms with E-state index in [1.54, 1.807) is 13.8 Å². The molecule has 57 heavy (non-hydrogen) atoms. The SMILES string of the molecule is CCC(c1cc(O)c(C)cc1O)c1cc(O)c(C)cc1O.CCCCCCCCS(=O)(=O)Nc1ccc(NS(=O)(=O)N(CCCCCC)CCCCCC)cc1O. The fourth-order valence-electron chi connectivity index (χ4n) is 6.53. The number of benzene rings is 3. The highest BCUT2D eigenvalue weighted by atomic mass is 32.2. The van der Waals surface area contributed by atoms with Gasteiger partial charge < -0.3 is 25.5 Å². The zero-order chi connectivity index (χ0) is 42.6. The highest BCUT2D eigenvalue weighted by molar-refractivity contribution is 7.92. The van der Waals surface area contributed by atoms with Gasteiger partial charge in [0.15, 0.2) is 0 Å². The summed E-state index contributed by atoms with van der Waals surface area (Å²) >= 11 is 0. The molecule has 0 aliphatic rings. The first-order valence-corrected chi connectivity index (χ1v) is 23.8. The van der Waals surface area contributed by atoms with E-state index in [4.69, 9.17) is 0 Å². The number of phenols is 5. The molecule has 0 unspecified atom stereocenters. The van der Waals surface area contributed by atoms with E-state index >= 15 is 0 Å². The van der Waals surface area contributed by atoms with Crippen LogP contribution < -0.4 is 9.44 Å². The first-order chi connectivity index (χ1) is 27.0. The third-order valence-corrected chi connectivity index (χ3v) is 12.9. The highest BCUT2D eigenvalue weighted by Crippen LogP contribution is 2.42. The van der Waals surface area contributed by atoms with Crippen LogP contribution in [-0.2, 0) is 20.2 Å². The van der Waals surface area contributed by atoms with Crippen LogP contribution in [0.1, 0.15) is 152 Å². The minimum absolute atomic E-state index is 0.0159. The lowest BCUT2D eigenvalue weighted by molar-refractivity contribution is 0.388. The molecule has 0 saturated carbocycles.